The standard InChI is InChI=1S/C11H9FN2O3/c1-6-4-10(17-14-6)13-11(16)8-3-2-7(15)5-9(8)12/h2-5,15H,1H3,(H,13,16). The summed E-state index contributed by atoms with van der Waals surface area (Å²) in [5.41, 5.74) is 0.420. The van der Waals surface area contributed by atoms with Crippen molar-refractivity contribution in [2.24, 2.45) is 0 Å². The Balaban J connectivity index is 2.20. The predicted octanol–water partition coefficient (Wildman–Crippen LogP) is 2.08. The number of amides is 1. The van der Waals surface area contributed by atoms with Gasteiger partial charge in [0.2, 0.25) is 5.88 Å². The van der Waals surface area contributed by atoms with Gasteiger partial charge in [0.05, 0.1) is 11.3 Å². The largest absolute Gasteiger partial charge is 0.508 e. The Morgan fingerprint density at radius 1 is 1.47 bits per heavy atom. The number of rotatable bonds is 2. The van der Waals surface area contributed by atoms with Crippen LogP contribution in [-0.2, 0) is 0 Å². The van der Waals surface area contributed by atoms with E-state index in [9.17, 15) is 9.18 Å². The molecule has 0 saturated heterocycles. The van der Waals surface area contributed by atoms with Crippen molar-refractivity contribution in [3.05, 3.63) is 41.3 Å². The number of nitrogens with zero attached hydrogens (tertiary/aromatic N) is 1. The van der Waals surface area contributed by atoms with Crippen LogP contribution in [0.25, 0.3) is 0 Å². The quantitative estimate of drug-likeness (QED) is 0.837. The number of hydrogen-bond acceptors (Lipinski definition) is 4. The number of aryl methyl sites for hydroxylation is 1. The average Bonchev–Trinajstić information content (AvgIpc) is 2.63. The third-order valence-corrected chi connectivity index (χ3v) is 2.06. The molecule has 0 radical (unpaired) electrons. The molecular formula is C11H9FN2O3. The third-order valence-electron chi connectivity index (χ3n) is 2.06. The maximum atomic E-state index is 13.3. The minimum atomic E-state index is -0.807. The zero-order valence-corrected chi connectivity index (χ0v) is 8.90. The first-order chi connectivity index (χ1) is 8.06. The SMILES string of the molecule is Cc1cc(NC(=O)c2ccc(O)cc2F)on1. The van der Waals surface area contributed by atoms with E-state index in [1.54, 1.807) is 6.92 Å². The van der Waals surface area contributed by atoms with Gasteiger partial charge in [-0.1, -0.05) is 5.16 Å². The smallest absolute Gasteiger partial charge is 0.261 e. The zero-order valence-electron chi connectivity index (χ0n) is 8.90. The van der Waals surface area contributed by atoms with E-state index >= 15 is 0 Å². The first kappa shape index (κ1) is 11.1. The number of halogens is 1. The fraction of sp³-hybridized carbons (Fsp3) is 0.0909. The predicted molar refractivity (Wildman–Crippen MR) is 57.3 cm³/mol. The molecule has 88 valence electrons. The molecule has 0 atom stereocenters. The summed E-state index contributed by atoms with van der Waals surface area (Å²) in [7, 11) is 0. The first-order valence-corrected chi connectivity index (χ1v) is 4.79. The number of benzene rings is 1. The third kappa shape index (κ3) is 2.41. The van der Waals surface area contributed by atoms with Crippen LogP contribution in [0.4, 0.5) is 10.3 Å². The number of nitrogens with one attached hydrogen (secondary N) is 1. The Kier molecular flexibility index (Phi) is 2.78. The van der Waals surface area contributed by atoms with E-state index in [2.05, 4.69) is 10.5 Å². The van der Waals surface area contributed by atoms with E-state index in [1.807, 2.05) is 0 Å². The van der Waals surface area contributed by atoms with Gasteiger partial charge in [-0.05, 0) is 19.1 Å². The van der Waals surface area contributed by atoms with E-state index in [1.165, 1.54) is 18.2 Å². The van der Waals surface area contributed by atoms with E-state index in [4.69, 9.17) is 9.63 Å². The van der Waals surface area contributed by atoms with Gasteiger partial charge >= 0.3 is 0 Å². The van der Waals surface area contributed by atoms with Gasteiger partial charge in [0.1, 0.15) is 11.6 Å². The second-order valence-corrected chi connectivity index (χ2v) is 3.45. The molecule has 1 amide bonds. The summed E-state index contributed by atoms with van der Waals surface area (Å²) in [4.78, 5) is 11.6. The molecule has 0 aliphatic heterocycles. The van der Waals surface area contributed by atoms with Crippen LogP contribution in [-0.4, -0.2) is 16.2 Å². The molecule has 0 fully saturated rings. The summed E-state index contributed by atoms with van der Waals surface area (Å²) in [6, 6.07) is 4.78. The van der Waals surface area contributed by atoms with Gasteiger partial charge in [-0.2, -0.15) is 0 Å². The van der Waals surface area contributed by atoms with Gasteiger partial charge < -0.3 is 9.63 Å². The summed E-state index contributed by atoms with van der Waals surface area (Å²) in [5.74, 6) is -1.58. The number of aromatic hydroxyl groups is 1. The van der Waals surface area contributed by atoms with Crippen LogP contribution in [0.5, 0.6) is 5.75 Å². The van der Waals surface area contributed by atoms with Crippen LogP contribution in [0, 0.1) is 12.7 Å². The lowest BCUT2D eigenvalue weighted by molar-refractivity contribution is 0.102. The average molecular weight is 236 g/mol. The van der Waals surface area contributed by atoms with Gasteiger partial charge in [0, 0.05) is 12.1 Å². The van der Waals surface area contributed by atoms with Crippen molar-refractivity contribution in [1.29, 1.82) is 0 Å². The highest BCUT2D eigenvalue weighted by atomic mass is 19.1. The lowest BCUT2D eigenvalue weighted by Gasteiger charge is -2.02. The van der Waals surface area contributed by atoms with Crippen molar-refractivity contribution in [2.75, 3.05) is 5.32 Å². The Hall–Kier alpha value is -2.37. The van der Waals surface area contributed by atoms with Gasteiger partial charge in [0.25, 0.3) is 5.91 Å². The summed E-state index contributed by atoms with van der Waals surface area (Å²) in [6.07, 6.45) is 0. The topological polar surface area (TPSA) is 75.4 Å². The number of hydrogen-bond donors (Lipinski definition) is 2. The molecule has 1 aromatic carbocycles. The second-order valence-electron chi connectivity index (χ2n) is 3.45. The van der Waals surface area contributed by atoms with Crippen LogP contribution in [0.3, 0.4) is 0 Å². The molecule has 0 saturated carbocycles. The number of phenolic OH excluding ortho intramolecular Hbond substituents is 1. The molecule has 5 nitrogen and oxygen atoms in total. The van der Waals surface area contributed by atoms with Crippen LogP contribution in [0.2, 0.25) is 0 Å². The van der Waals surface area contributed by atoms with Crippen molar-refractivity contribution in [1.82, 2.24) is 5.16 Å². The van der Waals surface area contributed by atoms with Crippen LogP contribution in [0.15, 0.2) is 28.8 Å². The van der Waals surface area contributed by atoms with Crippen molar-refractivity contribution >= 4 is 11.8 Å². The minimum Gasteiger partial charge on any atom is -0.508 e. The summed E-state index contributed by atoms with van der Waals surface area (Å²) in [5, 5.41) is 14.9. The molecule has 2 aromatic rings. The monoisotopic (exact) mass is 236 g/mol. The Bertz CT molecular complexity index is 566. The molecule has 1 aromatic heterocycles. The lowest BCUT2D eigenvalue weighted by atomic mass is 10.2. The molecular weight excluding hydrogens is 227 g/mol. The Morgan fingerprint density at radius 2 is 2.24 bits per heavy atom. The Morgan fingerprint density at radius 3 is 2.82 bits per heavy atom. The first-order valence-electron chi connectivity index (χ1n) is 4.79. The van der Waals surface area contributed by atoms with E-state index in [0.29, 0.717) is 5.69 Å². The minimum absolute atomic E-state index is 0.139. The van der Waals surface area contributed by atoms with Gasteiger partial charge in [-0.3, -0.25) is 10.1 Å². The molecule has 0 unspecified atom stereocenters. The molecule has 2 N–H and O–H groups in total. The van der Waals surface area contributed by atoms with Crippen LogP contribution in [0.1, 0.15) is 16.1 Å². The summed E-state index contributed by atoms with van der Waals surface area (Å²) < 4.78 is 18.1. The zero-order chi connectivity index (χ0) is 12.4. The maximum Gasteiger partial charge on any atom is 0.261 e. The molecule has 0 bridgehead atoms. The van der Waals surface area contributed by atoms with Gasteiger partial charge in [0.15, 0.2) is 0 Å². The highest BCUT2D eigenvalue weighted by molar-refractivity contribution is 6.03. The number of carbonyl (C=O) groups is 1. The number of anilines is 1. The number of phenols is 1. The van der Waals surface area contributed by atoms with Crippen molar-refractivity contribution < 1.29 is 18.8 Å². The Labute approximate surface area is 95.9 Å². The molecule has 17 heavy (non-hydrogen) atoms. The highest BCUT2D eigenvalue weighted by Gasteiger charge is 2.14. The summed E-state index contributed by atoms with van der Waals surface area (Å²) in [6.45, 7) is 1.69. The lowest BCUT2D eigenvalue weighted by Crippen LogP contribution is -2.13. The van der Waals surface area contributed by atoms with Crippen molar-refractivity contribution in [3.8, 4) is 5.75 Å². The fourth-order valence-corrected chi connectivity index (χ4v) is 1.29. The van der Waals surface area contributed by atoms with Gasteiger partial charge in [-0.15, -0.1) is 0 Å². The van der Waals surface area contributed by atoms with Crippen molar-refractivity contribution in [2.45, 2.75) is 6.92 Å². The number of aromatic nitrogens is 1. The van der Waals surface area contributed by atoms with Gasteiger partial charge in [-0.25, -0.2) is 4.39 Å². The normalized spacial score (nSPS) is 10.2. The van der Waals surface area contributed by atoms with Crippen molar-refractivity contribution in [3.63, 3.8) is 0 Å². The molecule has 0 spiro atoms. The van der Waals surface area contributed by atoms with E-state index in [-0.39, 0.29) is 17.2 Å². The molecule has 6 heteroatoms. The highest BCUT2D eigenvalue weighted by Crippen LogP contribution is 2.17. The van der Waals surface area contributed by atoms with E-state index < -0.39 is 11.7 Å². The van der Waals surface area contributed by atoms with Crippen LogP contribution < -0.4 is 5.32 Å². The fourth-order valence-electron chi connectivity index (χ4n) is 1.29. The summed E-state index contributed by atoms with van der Waals surface area (Å²) >= 11 is 0. The maximum absolute atomic E-state index is 13.3. The molecule has 2 rings (SSSR count). The molecule has 0 aliphatic rings. The number of carbonyl (C=O) groups excluding carboxylic acids is 1. The van der Waals surface area contributed by atoms with E-state index in [0.717, 1.165) is 6.07 Å². The molecule has 1 heterocycles. The second kappa shape index (κ2) is 4.25. The van der Waals surface area contributed by atoms with Crippen LogP contribution >= 0.6 is 0 Å². The molecule has 0 aliphatic carbocycles.